The number of ether oxygens (including phenoxy) is 1. The van der Waals surface area contributed by atoms with Crippen molar-refractivity contribution in [1.82, 2.24) is 19.7 Å². The summed E-state index contributed by atoms with van der Waals surface area (Å²) < 4.78 is 47.5. The van der Waals surface area contributed by atoms with E-state index < -0.39 is 23.3 Å². The molecule has 4 rings (SSSR count). The third kappa shape index (κ3) is 5.98. The van der Waals surface area contributed by atoms with Crippen molar-refractivity contribution in [3.8, 4) is 17.0 Å². The molecule has 11 heteroatoms. The van der Waals surface area contributed by atoms with E-state index in [0.29, 0.717) is 30.2 Å². The smallest absolute Gasteiger partial charge is 0.434 e. The Bertz CT molecular complexity index is 1170. The Labute approximate surface area is 200 Å². The Kier molecular flexibility index (Phi) is 7.37. The average molecular weight is 489 g/mol. The number of aliphatic hydroxyl groups excluding tert-OH is 1. The predicted octanol–water partition coefficient (Wildman–Crippen LogP) is 3.59. The molecule has 2 N–H and O–H groups in total. The van der Waals surface area contributed by atoms with Crippen LogP contribution in [-0.2, 0) is 13.2 Å². The van der Waals surface area contributed by atoms with Crippen molar-refractivity contribution in [3.05, 3.63) is 60.0 Å². The molecule has 0 spiro atoms. The van der Waals surface area contributed by atoms with Crippen LogP contribution in [0.1, 0.15) is 28.9 Å². The molecule has 35 heavy (non-hydrogen) atoms. The topological polar surface area (TPSA) is 92.5 Å². The highest BCUT2D eigenvalue weighted by molar-refractivity contribution is 6.05. The van der Waals surface area contributed by atoms with Gasteiger partial charge in [-0.25, -0.2) is 0 Å². The Morgan fingerprint density at radius 1 is 1.20 bits per heavy atom. The first-order chi connectivity index (χ1) is 16.7. The molecule has 0 bridgehead atoms. The Hall–Kier alpha value is -3.44. The van der Waals surface area contributed by atoms with Crippen LogP contribution in [0.25, 0.3) is 11.3 Å². The lowest BCUT2D eigenvalue weighted by Gasteiger charge is -2.29. The number of carbonyl (C=O) groups excluding carboxylic acids is 1. The Morgan fingerprint density at radius 2 is 1.97 bits per heavy atom. The van der Waals surface area contributed by atoms with E-state index in [-0.39, 0.29) is 6.10 Å². The van der Waals surface area contributed by atoms with Crippen molar-refractivity contribution in [1.29, 1.82) is 0 Å². The lowest BCUT2D eigenvalue weighted by Crippen LogP contribution is -2.38. The number of anilines is 1. The van der Waals surface area contributed by atoms with Crippen molar-refractivity contribution in [3.63, 3.8) is 0 Å². The zero-order chi connectivity index (χ0) is 25.0. The fraction of sp³-hybridized carbons (Fsp3) is 0.375. The number of likely N-dealkylation sites (tertiary alicyclic amines) is 1. The Morgan fingerprint density at radius 3 is 2.66 bits per heavy atom. The van der Waals surface area contributed by atoms with Crippen LogP contribution in [0.4, 0.5) is 18.9 Å². The molecule has 0 aliphatic carbocycles. The van der Waals surface area contributed by atoms with E-state index in [2.05, 4.69) is 20.3 Å². The van der Waals surface area contributed by atoms with Gasteiger partial charge in [0.2, 0.25) is 0 Å². The molecule has 0 saturated carbocycles. The molecule has 2 aromatic heterocycles. The summed E-state index contributed by atoms with van der Waals surface area (Å²) in [5.74, 6) is -0.358. The van der Waals surface area contributed by atoms with Crippen molar-refractivity contribution in [2.24, 2.45) is 7.05 Å². The molecule has 3 aromatic rings. The number of carbonyl (C=O) groups is 1. The van der Waals surface area contributed by atoms with Gasteiger partial charge in [-0.15, -0.1) is 0 Å². The van der Waals surface area contributed by atoms with Gasteiger partial charge in [0.05, 0.1) is 17.4 Å². The molecule has 1 amide bonds. The lowest BCUT2D eigenvalue weighted by molar-refractivity contribution is -0.141. The molecule has 1 aliphatic heterocycles. The highest BCUT2D eigenvalue weighted by Gasteiger charge is 2.37. The molecule has 1 aromatic carbocycles. The molecular weight excluding hydrogens is 463 g/mol. The maximum absolute atomic E-state index is 13.3. The highest BCUT2D eigenvalue weighted by atomic mass is 19.4. The van der Waals surface area contributed by atoms with Gasteiger partial charge < -0.3 is 15.2 Å². The van der Waals surface area contributed by atoms with Gasteiger partial charge in [0.15, 0.2) is 5.69 Å². The van der Waals surface area contributed by atoms with Gasteiger partial charge in [-0.2, -0.15) is 18.3 Å². The van der Waals surface area contributed by atoms with E-state index in [1.165, 1.54) is 6.07 Å². The normalized spacial score (nSPS) is 15.2. The second-order valence-corrected chi connectivity index (χ2v) is 8.32. The van der Waals surface area contributed by atoms with E-state index in [1.807, 2.05) is 0 Å². The van der Waals surface area contributed by atoms with Crippen molar-refractivity contribution in [2.75, 3.05) is 31.6 Å². The largest absolute Gasteiger partial charge is 0.492 e. The number of aryl methyl sites for hydroxylation is 1. The summed E-state index contributed by atoms with van der Waals surface area (Å²) in [6.07, 6.45) is -0.904. The van der Waals surface area contributed by atoms with Gasteiger partial charge in [-0.3, -0.25) is 19.4 Å². The van der Waals surface area contributed by atoms with E-state index >= 15 is 0 Å². The van der Waals surface area contributed by atoms with E-state index in [9.17, 15) is 23.1 Å². The van der Waals surface area contributed by atoms with E-state index in [1.54, 1.807) is 42.2 Å². The number of hydrogen-bond donors (Lipinski definition) is 2. The number of rotatable bonds is 7. The van der Waals surface area contributed by atoms with Crippen LogP contribution >= 0.6 is 0 Å². The molecule has 8 nitrogen and oxygen atoms in total. The number of hydrogen-bond acceptors (Lipinski definition) is 6. The quantitative estimate of drug-likeness (QED) is 0.527. The molecule has 186 valence electrons. The summed E-state index contributed by atoms with van der Waals surface area (Å²) in [5, 5.41) is 16.4. The van der Waals surface area contributed by atoms with Gasteiger partial charge >= 0.3 is 6.18 Å². The molecule has 1 saturated heterocycles. The summed E-state index contributed by atoms with van der Waals surface area (Å²) in [6, 6.07) is 9.04. The zero-order valence-electron chi connectivity index (χ0n) is 19.1. The van der Waals surface area contributed by atoms with Crippen LogP contribution < -0.4 is 10.1 Å². The maximum Gasteiger partial charge on any atom is 0.434 e. The number of pyridine rings is 1. The minimum Gasteiger partial charge on any atom is -0.492 e. The number of aliphatic hydroxyl groups is 1. The second-order valence-electron chi connectivity index (χ2n) is 8.32. The fourth-order valence-corrected chi connectivity index (χ4v) is 4.01. The number of halogens is 3. The minimum atomic E-state index is -4.75. The fourth-order valence-electron chi connectivity index (χ4n) is 4.01. The van der Waals surface area contributed by atoms with Crippen LogP contribution in [-0.4, -0.2) is 63.0 Å². The van der Waals surface area contributed by atoms with Gasteiger partial charge in [0.1, 0.15) is 12.4 Å². The number of nitrogens with zero attached hydrogens (tertiary/aromatic N) is 4. The first-order valence-corrected chi connectivity index (χ1v) is 11.2. The number of nitrogens with one attached hydrogen (secondary N) is 1. The third-order valence-corrected chi connectivity index (χ3v) is 5.88. The summed E-state index contributed by atoms with van der Waals surface area (Å²) in [4.78, 5) is 18.2. The highest BCUT2D eigenvalue weighted by Crippen LogP contribution is 2.34. The number of alkyl halides is 3. The van der Waals surface area contributed by atoms with Gasteiger partial charge in [-0.1, -0.05) is 0 Å². The maximum atomic E-state index is 13.3. The predicted molar refractivity (Wildman–Crippen MR) is 123 cm³/mol. The summed E-state index contributed by atoms with van der Waals surface area (Å²) in [7, 11) is 1.76. The molecule has 1 fully saturated rings. The van der Waals surface area contributed by atoms with Crippen molar-refractivity contribution in [2.45, 2.75) is 25.1 Å². The number of aromatic nitrogens is 3. The van der Waals surface area contributed by atoms with Gasteiger partial charge in [-0.05, 0) is 49.2 Å². The second kappa shape index (κ2) is 10.4. The van der Waals surface area contributed by atoms with E-state index in [4.69, 9.17) is 4.74 Å². The van der Waals surface area contributed by atoms with Crippen molar-refractivity contribution < 1.29 is 27.8 Å². The van der Waals surface area contributed by atoms with Crippen LogP contribution in [0.3, 0.4) is 0 Å². The van der Waals surface area contributed by atoms with Crippen LogP contribution in [0.15, 0.2) is 48.8 Å². The molecule has 3 heterocycles. The number of piperidine rings is 1. The van der Waals surface area contributed by atoms with Crippen LogP contribution in [0.5, 0.6) is 5.75 Å². The number of benzene rings is 1. The zero-order valence-corrected chi connectivity index (χ0v) is 19.1. The molecule has 0 atom stereocenters. The summed E-state index contributed by atoms with van der Waals surface area (Å²) >= 11 is 0. The molecule has 0 unspecified atom stereocenters. The van der Waals surface area contributed by atoms with Crippen LogP contribution in [0.2, 0.25) is 0 Å². The number of amides is 1. The minimum absolute atomic E-state index is 0.245. The lowest BCUT2D eigenvalue weighted by atomic mass is 10.1. The van der Waals surface area contributed by atoms with E-state index in [0.717, 1.165) is 43.9 Å². The standard InChI is InChI=1S/C24H26F3N5O3/c1-31-20(6-10-29-31)19-15-16(30-23(34)18-3-2-9-28-22(18)24(25,26)27)4-5-21(19)35-14-13-32-11-7-17(33)8-12-32/h2-6,9-10,15,17,33H,7-8,11-14H2,1H3,(H,30,34). The average Bonchev–Trinajstić information content (AvgIpc) is 3.26. The Balaban J connectivity index is 1.53. The van der Waals surface area contributed by atoms with Crippen LogP contribution in [0, 0.1) is 0 Å². The first-order valence-electron chi connectivity index (χ1n) is 11.2. The first kappa shape index (κ1) is 24.7. The monoisotopic (exact) mass is 489 g/mol. The third-order valence-electron chi connectivity index (χ3n) is 5.88. The molecular formula is C24H26F3N5O3. The van der Waals surface area contributed by atoms with Crippen molar-refractivity contribution >= 4 is 11.6 Å². The molecule has 0 radical (unpaired) electrons. The molecule has 1 aliphatic rings. The summed E-state index contributed by atoms with van der Waals surface area (Å²) in [5.41, 5.74) is -0.141. The SMILES string of the molecule is Cn1nccc1-c1cc(NC(=O)c2cccnc2C(F)(F)F)ccc1OCCN1CCC(O)CC1. The summed E-state index contributed by atoms with van der Waals surface area (Å²) in [6.45, 7) is 2.71. The van der Waals surface area contributed by atoms with Gasteiger partial charge in [0, 0.05) is 50.3 Å². The van der Waals surface area contributed by atoms with Gasteiger partial charge in [0.25, 0.3) is 5.91 Å².